The predicted octanol–water partition coefficient (Wildman–Crippen LogP) is 5.14. The van der Waals surface area contributed by atoms with E-state index in [0.717, 1.165) is 18.2 Å². The minimum atomic E-state index is -0.0776. The van der Waals surface area contributed by atoms with Gasteiger partial charge in [0.15, 0.2) is 5.71 Å². The van der Waals surface area contributed by atoms with Crippen LogP contribution >= 0.6 is 11.6 Å². The van der Waals surface area contributed by atoms with Crippen LogP contribution < -0.4 is 4.90 Å². The maximum Gasteiger partial charge on any atom is 0.209 e. The van der Waals surface area contributed by atoms with E-state index in [1.807, 2.05) is 6.07 Å². The molecule has 0 aromatic heterocycles. The topological polar surface area (TPSA) is 15.5 Å². The normalized spacial score (nSPS) is 15.5. The molecule has 2 aromatic carbocycles. The molecule has 1 aliphatic heterocycles. The molecule has 1 heterocycles. The highest BCUT2D eigenvalue weighted by molar-refractivity contribution is 6.30. The Morgan fingerprint density at radius 1 is 1.11 bits per heavy atom. The number of ether oxygens (including phenoxy) is 1. The van der Waals surface area contributed by atoms with Crippen molar-refractivity contribution in [3.63, 3.8) is 0 Å². The quantitative estimate of drug-likeness (QED) is 0.641. The van der Waals surface area contributed by atoms with E-state index in [1.165, 1.54) is 28.2 Å². The first kappa shape index (κ1) is 19.7. The highest BCUT2D eigenvalue weighted by Crippen LogP contribution is 2.40. The molecule has 0 fully saturated rings. The average molecular weight is 384 g/mol. The van der Waals surface area contributed by atoms with Crippen molar-refractivity contribution in [2.24, 2.45) is 0 Å². The number of nitrogens with zero attached hydrogens (tertiary/aromatic N) is 2. The van der Waals surface area contributed by atoms with Crippen molar-refractivity contribution in [3.05, 3.63) is 64.7 Å². The minimum Gasteiger partial charge on any atom is -0.383 e. The largest absolute Gasteiger partial charge is 0.383 e. The van der Waals surface area contributed by atoms with Gasteiger partial charge < -0.3 is 9.64 Å². The lowest BCUT2D eigenvalue weighted by molar-refractivity contribution is -0.401. The molecule has 0 spiro atoms. The fourth-order valence-corrected chi connectivity index (χ4v) is 3.85. The van der Waals surface area contributed by atoms with Gasteiger partial charge in [0.05, 0.1) is 12.0 Å². The summed E-state index contributed by atoms with van der Waals surface area (Å²) in [6.07, 6.45) is 4.40. The molecule has 0 bridgehead atoms. The summed E-state index contributed by atoms with van der Waals surface area (Å²) in [4.78, 5) is 2.19. The van der Waals surface area contributed by atoms with Crippen LogP contribution in [0.2, 0.25) is 5.02 Å². The predicted molar refractivity (Wildman–Crippen MR) is 116 cm³/mol. The second kappa shape index (κ2) is 7.87. The fourth-order valence-electron chi connectivity index (χ4n) is 3.68. The molecule has 0 amide bonds. The zero-order valence-electron chi connectivity index (χ0n) is 16.8. The summed E-state index contributed by atoms with van der Waals surface area (Å²) in [5, 5.41) is 0.786. The Morgan fingerprint density at radius 3 is 2.48 bits per heavy atom. The van der Waals surface area contributed by atoms with Gasteiger partial charge in [-0.2, -0.15) is 4.58 Å². The number of methoxy groups -OCH3 is 1. The van der Waals surface area contributed by atoms with Crippen LogP contribution in [0.5, 0.6) is 0 Å². The van der Waals surface area contributed by atoms with Crippen LogP contribution in [0, 0.1) is 0 Å². The van der Waals surface area contributed by atoms with Crippen LogP contribution in [0.15, 0.2) is 48.5 Å². The number of benzene rings is 2. The summed E-state index contributed by atoms with van der Waals surface area (Å²) in [5.41, 5.74) is 6.06. The lowest BCUT2D eigenvalue weighted by Gasteiger charge is -2.18. The number of rotatable bonds is 6. The van der Waals surface area contributed by atoms with Gasteiger partial charge in [-0.05, 0) is 49.8 Å². The second-order valence-corrected chi connectivity index (χ2v) is 8.01. The van der Waals surface area contributed by atoms with E-state index < -0.39 is 0 Å². The molecule has 0 atom stereocenters. The third-order valence-corrected chi connectivity index (χ3v) is 5.63. The van der Waals surface area contributed by atoms with Crippen LogP contribution in [-0.4, -0.2) is 44.6 Å². The van der Waals surface area contributed by atoms with Crippen LogP contribution in [0.3, 0.4) is 0 Å². The first-order valence-corrected chi connectivity index (χ1v) is 9.62. The molecule has 3 nitrogen and oxygen atoms in total. The molecule has 1 aliphatic rings. The van der Waals surface area contributed by atoms with Gasteiger partial charge in [0.25, 0.3) is 0 Å². The van der Waals surface area contributed by atoms with Crippen molar-refractivity contribution < 1.29 is 9.31 Å². The number of allylic oxidation sites excluding steroid dienone is 1. The van der Waals surface area contributed by atoms with E-state index in [-0.39, 0.29) is 5.41 Å². The Labute approximate surface area is 167 Å². The summed E-state index contributed by atoms with van der Waals surface area (Å²) < 4.78 is 7.41. The highest BCUT2D eigenvalue weighted by atomic mass is 35.5. The molecule has 0 saturated carbocycles. The van der Waals surface area contributed by atoms with Gasteiger partial charge in [-0.15, -0.1) is 0 Å². The smallest absolute Gasteiger partial charge is 0.209 e. The first-order valence-electron chi connectivity index (χ1n) is 9.24. The molecule has 3 rings (SSSR count). The molecule has 142 valence electrons. The number of halogens is 1. The maximum atomic E-state index is 6.23. The van der Waals surface area contributed by atoms with E-state index in [2.05, 4.69) is 86.0 Å². The Morgan fingerprint density at radius 2 is 1.81 bits per heavy atom. The molecular formula is C23H28ClN2O+. The average Bonchev–Trinajstić information content (AvgIpc) is 2.84. The maximum absolute atomic E-state index is 6.23. The van der Waals surface area contributed by atoms with Gasteiger partial charge in [0.1, 0.15) is 7.05 Å². The summed E-state index contributed by atoms with van der Waals surface area (Å²) in [5.74, 6) is 0. The van der Waals surface area contributed by atoms with Crippen molar-refractivity contribution in [2.75, 3.05) is 39.3 Å². The number of hydrogen-bond donors (Lipinski definition) is 0. The van der Waals surface area contributed by atoms with E-state index >= 15 is 0 Å². The van der Waals surface area contributed by atoms with Crippen LogP contribution in [0.4, 0.5) is 11.4 Å². The Hall–Kier alpha value is -2.10. The summed E-state index contributed by atoms with van der Waals surface area (Å²) in [6.45, 7) is 6.10. The van der Waals surface area contributed by atoms with Crippen molar-refractivity contribution in [3.8, 4) is 0 Å². The van der Waals surface area contributed by atoms with Gasteiger partial charge in [-0.1, -0.05) is 23.7 Å². The number of anilines is 1. The van der Waals surface area contributed by atoms with Gasteiger partial charge in [0, 0.05) is 49.1 Å². The van der Waals surface area contributed by atoms with E-state index in [1.54, 1.807) is 7.11 Å². The molecule has 0 aliphatic carbocycles. The van der Waals surface area contributed by atoms with Gasteiger partial charge in [0.2, 0.25) is 5.69 Å². The third kappa shape index (κ3) is 3.95. The number of fused-ring (bicyclic) bond motifs is 1. The summed E-state index contributed by atoms with van der Waals surface area (Å²) in [7, 11) is 5.93. The van der Waals surface area contributed by atoms with E-state index in [9.17, 15) is 0 Å². The minimum absolute atomic E-state index is 0.0776. The van der Waals surface area contributed by atoms with Crippen LogP contribution in [0.1, 0.15) is 25.0 Å². The van der Waals surface area contributed by atoms with Crippen molar-refractivity contribution in [1.29, 1.82) is 0 Å². The van der Waals surface area contributed by atoms with E-state index in [0.29, 0.717) is 0 Å². The lowest BCUT2D eigenvalue weighted by Crippen LogP contribution is -2.26. The van der Waals surface area contributed by atoms with Crippen molar-refractivity contribution >= 4 is 34.8 Å². The van der Waals surface area contributed by atoms with Gasteiger partial charge in [-0.25, -0.2) is 0 Å². The monoisotopic (exact) mass is 383 g/mol. The Kier molecular flexibility index (Phi) is 5.73. The molecule has 0 radical (unpaired) electrons. The zero-order chi connectivity index (χ0) is 19.6. The second-order valence-electron chi connectivity index (χ2n) is 7.57. The molecule has 27 heavy (non-hydrogen) atoms. The number of likely N-dealkylation sites (N-methyl/N-ethyl adjacent to an activating group) is 1. The number of hydrogen-bond acceptors (Lipinski definition) is 2. The molecule has 2 aromatic rings. The first-order chi connectivity index (χ1) is 12.8. The van der Waals surface area contributed by atoms with Gasteiger partial charge in [-0.3, -0.25) is 0 Å². The molecule has 0 N–H and O–H groups in total. The molecule has 4 heteroatoms. The van der Waals surface area contributed by atoms with Crippen molar-refractivity contribution in [1.82, 2.24) is 0 Å². The third-order valence-electron chi connectivity index (χ3n) is 5.39. The lowest BCUT2D eigenvalue weighted by atomic mass is 9.81. The fraction of sp³-hybridized carbons (Fsp3) is 0.348. The summed E-state index contributed by atoms with van der Waals surface area (Å²) in [6, 6.07) is 14.8. The van der Waals surface area contributed by atoms with Crippen LogP contribution in [-0.2, 0) is 10.2 Å². The molecule has 0 unspecified atom stereocenters. The SMILES string of the molecule is COCCN(C)c1ccc(/C=C/C2=[N+](C)c3ccc(Cl)cc3C2(C)C)cc1. The molecule has 0 saturated heterocycles. The van der Waals surface area contributed by atoms with E-state index in [4.69, 9.17) is 16.3 Å². The highest BCUT2D eigenvalue weighted by Gasteiger charge is 2.42. The zero-order valence-corrected chi connectivity index (χ0v) is 17.5. The van der Waals surface area contributed by atoms with Crippen molar-refractivity contribution in [2.45, 2.75) is 19.3 Å². The van der Waals surface area contributed by atoms with Crippen LogP contribution in [0.25, 0.3) is 6.08 Å². The standard InChI is InChI=1S/C23H28ClN2O/c1-23(2)20-16-18(24)9-12-21(20)26(4)22(23)13-8-17-6-10-19(11-7-17)25(3)14-15-27-5/h6-13,16H,14-15H2,1-5H3/q+1. The Bertz CT molecular complexity index is 882. The van der Waals surface area contributed by atoms with Gasteiger partial charge >= 0.3 is 0 Å². The summed E-state index contributed by atoms with van der Waals surface area (Å²) >= 11 is 6.23. The molecular weight excluding hydrogens is 356 g/mol. The Balaban J connectivity index is 1.81.